The van der Waals surface area contributed by atoms with Gasteiger partial charge >= 0.3 is 11.9 Å². The van der Waals surface area contributed by atoms with E-state index in [1.807, 2.05) is 12.2 Å². The molecule has 1 aliphatic carbocycles. The molecule has 0 aromatic rings. The number of halogens is 2. The first-order chi connectivity index (χ1) is 13.2. The van der Waals surface area contributed by atoms with Gasteiger partial charge < -0.3 is 9.63 Å². The van der Waals surface area contributed by atoms with Crippen molar-refractivity contribution >= 4 is 27.0 Å². The number of carbonyl (C=O) groups is 3. The van der Waals surface area contributed by atoms with E-state index >= 15 is 0 Å². The van der Waals surface area contributed by atoms with E-state index < -0.39 is 24.1 Å². The van der Waals surface area contributed by atoms with Crippen LogP contribution in [0.25, 0.3) is 0 Å². The SMILES string of the molecule is CCCCC(F)(F)C(=O)CC[C@H]1C(OP)CC(=O)C1C/C=C\CCCC(=O)O. The summed E-state index contributed by atoms with van der Waals surface area (Å²) in [5.74, 6) is -5.85. The summed E-state index contributed by atoms with van der Waals surface area (Å²) in [5, 5.41) is 8.61. The standard InChI is InChI=1S/C20H31F2O5P/c1-2-3-12-20(21,22)18(24)11-10-15-14(16(23)13-17(15)27-28)8-6-4-5-7-9-19(25)26/h4,6,14-15,17H,2-3,5,7-13,28H2,1H3,(H,25,26)/b6-4-/t14?,15-,17?/m1/s1. The van der Waals surface area contributed by atoms with Crippen molar-refractivity contribution in [3.8, 4) is 0 Å². The molecule has 160 valence electrons. The Balaban J connectivity index is 2.61. The molecule has 0 aromatic heterocycles. The van der Waals surface area contributed by atoms with Crippen LogP contribution in [0.4, 0.5) is 8.78 Å². The number of hydrogen-bond acceptors (Lipinski definition) is 4. The van der Waals surface area contributed by atoms with Gasteiger partial charge in [-0.15, -0.1) is 0 Å². The summed E-state index contributed by atoms with van der Waals surface area (Å²) in [6, 6.07) is 0. The monoisotopic (exact) mass is 420 g/mol. The highest BCUT2D eigenvalue weighted by atomic mass is 31.0. The van der Waals surface area contributed by atoms with E-state index in [0.717, 1.165) is 0 Å². The highest BCUT2D eigenvalue weighted by molar-refractivity contribution is 7.09. The Morgan fingerprint density at radius 1 is 1.29 bits per heavy atom. The smallest absolute Gasteiger partial charge is 0.305 e. The molecular weight excluding hydrogens is 389 g/mol. The number of Topliss-reactive ketones (excluding diaryl/α,β-unsaturated/α-hetero) is 2. The number of carboxylic acids is 1. The number of rotatable bonds is 14. The lowest BCUT2D eigenvalue weighted by molar-refractivity contribution is -0.144. The third-order valence-corrected chi connectivity index (χ3v) is 5.61. The van der Waals surface area contributed by atoms with Gasteiger partial charge in [-0.3, -0.25) is 14.4 Å². The Hall–Kier alpha value is -1.20. The average molecular weight is 420 g/mol. The van der Waals surface area contributed by atoms with Crippen molar-refractivity contribution in [2.75, 3.05) is 0 Å². The van der Waals surface area contributed by atoms with E-state index in [1.165, 1.54) is 0 Å². The van der Waals surface area contributed by atoms with E-state index in [4.69, 9.17) is 9.63 Å². The lowest BCUT2D eigenvalue weighted by Crippen LogP contribution is -2.30. The minimum Gasteiger partial charge on any atom is -0.481 e. The number of ketones is 2. The second-order valence-electron chi connectivity index (χ2n) is 7.38. The van der Waals surface area contributed by atoms with Gasteiger partial charge in [0.15, 0.2) is 0 Å². The molecule has 3 unspecified atom stereocenters. The Labute approximate surface area is 167 Å². The predicted octanol–water partition coefficient (Wildman–Crippen LogP) is 4.74. The van der Waals surface area contributed by atoms with E-state index in [9.17, 15) is 23.2 Å². The molecule has 4 atom stereocenters. The first kappa shape index (κ1) is 24.8. The molecule has 0 aliphatic heterocycles. The van der Waals surface area contributed by atoms with Crippen LogP contribution in [-0.2, 0) is 18.9 Å². The van der Waals surface area contributed by atoms with Gasteiger partial charge in [-0.1, -0.05) is 25.5 Å². The van der Waals surface area contributed by atoms with Crippen molar-refractivity contribution in [1.29, 1.82) is 0 Å². The Bertz CT molecular complexity index is 565. The van der Waals surface area contributed by atoms with Crippen molar-refractivity contribution in [1.82, 2.24) is 0 Å². The Morgan fingerprint density at radius 3 is 2.61 bits per heavy atom. The molecule has 1 saturated carbocycles. The van der Waals surface area contributed by atoms with E-state index in [1.54, 1.807) is 6.92 Å². The maximum absolute atomic E-state index is 13.9. The highest BCUT2D eigenvalue weighted by Crippen LogP contribution is 2.39. The average Bonchev–Trinajstić information content (AvgIpc) is 2.95. The molecule has 1 fully saturated rings. The molecule has 0 saturated heterocycles. The van der Waals surface area contributed by atoms with Crippen LogP contribution in [0.15, 0.2) is 12.2 Å². The summed E-state index contributed by atoms with van der Waals surface area (Å²) in [5.41, 5.74) is 0. The fourth-order valence-corrected chi connectivity index (χ4v) is 3.89. The van der Waals surface area contributed by atoms with Gasteiger partial charge in [-0.25, -0.2) is 0 Å². The fraction of sp³-hybridized carbons (Fsp3) is 0.750. The number of allylic oxidation sites excluding steroid dienone is 2. The summed E-state index contributed by atoms with van der Waals surface area (Å²) in [7, 11) is 2.12. The Morgan fingerprint density at radius 2 is 2.00 bits per heavy atom. The van der Waals surface area contributed by atoms with Crippen molar-refractivity contribution in [2.24, 2.45) is 11.8 Å². The molecule has 0 amide bonds. The number of alkyl halides is 2. The highest BCUT2D eigenvalue weighted by Gasteiger charge is 2.43. The Kier molecular flexibility index (Phi) is 11.0. The summed E-state index contributed by atoms with van der Waals surface area (Å²) < 4.78 is 33.1. The largest absolute Gasteiger partial charge is 0.481 e. The van der Waals surface area contributed by atoms with E-state index in [0.29, 0.717) is 32.1 Å². The van der Waals surface area contributed by atoms with Crippen LogP contribution in [-0.4, -0.2) is 34.7 Å². The molecule has 1 aliphatic rings. The molecular formula is C20H31F2O5P. The van der Waals surface area contributed by atoms with Gasteiger partial charge in [0.1, 0.15) is 5.78 Å². The molecule has 0 heterocycles. The van der Waals surface area contributed by atoms with Crippen molar-refractivity contribution in [3.05, 3.63) is 12.2 Å². The van der Waals surface area contributed by atoms with Crippen LogP contribution >= 0.6 is 9.47 Å². The van der Waals surface area contributed by atoms with Gasteiger partial charge in [-0.2, -0.15) is 8.78 Å². The van der Waals surface area contributed by atoms with Crippen molar-refractivity contribution in [2.45, 2.75) is 83.2 Å². The molecule has 0 radical (unpaired) electrons. The summed E-state index contributed by atoms with van der Waals surface area (Å²) in [6.07, 6.45) is 5.55. The van der Waals surface area contributed by atoms with Crippen LogP contribution in [0.2, 0.25) is 0 Å². The molecule has 1 N–H and O–H groups in total. The molecule has 5 nitrogen and oxygen atoms in total. The van der Waals surface area contributed by atoms with Crippen LogP contribution in [0.3, 0.4) is 0 Å². The van der Waals surface area contributed by atoms with Gasteiger partial charge in [0, 0.05) is 41.1 Å². The van der Waals surface area contributed by atoms with Gasteiger partial charge in [-0.05, 0) is 38.0 Å². The summed E-state index contributed by atoms with van der Waals surface area (Å²) >= 11 is 0. The molecule has 1 rings (SSSR count). The molecule has 28 heavy (non-hydrogen) atoms. The third kappa shape index (κ3) is 8.04. The zero-order valence-electron chi connectivity index (χ0n) is 16.4. The number of hydrogen-bond donors (Lipinski definition) is 1. The second-order valence-corrected chi connectivity index (χ2v) is 7.65. The van der Waals surface area contributed by atoms with Crippen molar-refractivity contribution in [3.63, 3.8) is 0 Å². The van der Waals surface area contributed by atoms with Crippen LogP contribution in [0.1, 0.15) is 71.1 Å². The maximum atomic E-state index is 13.9. The van der Waals surface area contributed by atoms with E-state index in [2.05, 4.69) is 9.47 Å². The predicted molar refractivity (Wildman–Crippen MR) is 105 cm³/mol. The van der Waals surface area contributed by atoms with Crippen LogP contribution in [0, 0.1) is 11.8 Å². The molecule has 0 spiro atoms. The quantitative estimate of drug-likeness (QED) is 0.249. The first-order valence-electron chi connectivity index (χ1n) is 9.89. The fourth-order valence-electron chi connectivity index (χ4n) is 3.59. The minimum atomic E-state index is -3.31. The summed E-state index contributed by atoms with van der Waals surface area (Å²) in [6.45, 7) is 1.80. The van der Waals surface area contributed by atoms with Gasteiger partial charge in [0.25, 0.3) is 0 Å². The molecule has 0 bridgehead atoms. The lowest BCUT2D eigenvalue weighted by Gasteiger charge is -2.23. The minimum absolute atomic E-state index is 0.0119. The zero-order chi connectivity index (χ0) is 21.2. The second kappa shape index (κ2) is 12.4. The number of unbranched alkanes of at least 4 members (excludes halogenated alkanes) is 2. The topological polar surface area (TPSA) is 80.7 Å². The lowest BCUT2D eigenvalue weighted by atomic mass is 9.86. The normalized spacial score (nSPS) is 22.9. The van der Waals surface area contributed by atoms with E-state index in [-0.39, 0.29) is 49.4 Å². The first-order valence-corrected chi connectivity index (χ1v) is 10.4. The molecule has 0 aromatic carbocycles. The summed E-state index contributed by atoms with van der Waals surface area (Å²) in [4.78, 5) is 34.8. The van der Waals surface area contributed by atoms with Crippen LogP contribution in [0.5, 0.6) is 0 Å². The molecule has 8 heteroatoms. The third-order valence-electron chi connectivity index (χ3n) is 5.26. The van der Waals surface area contributed by atoms with Gasteiger partial charge in [0.05, 0.1) is 6.10 Å². The van der Waals surface area contributed by atoms with Crippen molar-refractivity contribution < 1.29 is 32.8 Å². The number of carbonyl (C=O) groups excluding carboxylic acids is 2. The van der Waals surface area contributed by atoms with Crippen LogP contribution < -0.4 is 0 Å². The zero-order valence-corrected chi connectivity index (χ0v) is 17.5. The number of carboxylic acid groups (broad SMARTS) is 1. The van der Waals surface area contributed by atoms with Gasteiger partial charge in [0.2, 0.25) is 5.78 Å². The number of aliphatic carboxylic acids is 1. The maximum Gasteiger partial charge on any atom is 0.305 e.